The van der Waals surface area contributed by atoms with Crippen LogP contribution in [-0.4, -0.2) is 46.6 Å². The molecule has 0 radical (unpaired) electrons. The highest BCUT2D eigenvalue weighted by atomic mass is 35.5. The molecule has 0 fully saturated rings. The molecule has 0 saturated carbocycles. The number of methoxy groups -OCH3 is 1. The number of carbonyl (C=O) groups excluding carboxylic acids is 2. The molecule has 3 aromatic heterocycles. The van der Waals surface area contributed by atoms with E-state index in [-0.39, 0.29) is 48.6 Å². The number of rotatable bonds is 7. The van der Waals surface area contributed by atoms with Gasteiger partial charge in [-0.2, -0.15) is 0 Å². The van der Waals surface area contributed by atoms with Gasteiger partial charge in [0.15, 0.2) is 5.78 Å². The predicted molar refractivity (Wildman–Crippen MR) is 141 cm³/mol. The van der Waals surface area contributed by atoms with Crippen molar-refractivity contribution >= 4 is 61.8 Å². The number of carbonyl (C=O) groups is 2. The maximum Gasteiger partial charge on any atom is 0.355 e. The Morgan fingerprint density at radius 1 is 1.29 bits per heavy atom. The maximum absolute atomic E-state index is 15.3. The Kier molecular flexibility index (Phi) is 6.09. The first kappa shape index (κ1) is 24.1. The molecule has 0 bridgehead atoms. The Bertz CT molecular complexity index is 1810. The largest absolute Gasteiger partial charge is 0.463 e. The van der Waals surface area contributed by atoms with Crippen LogP contribution < -0.4 is 0 Å². The second-order valence-corrected chi connectivity index (χ2v) is 9.26. The third kappa shape index (κ3) is 3.91. The van der Waals surface area contributed by atoms with Gasteiger partial charge in [0, 0.05) is 36.2 Å². The van der Waals surface area contributed by atoms with Gasteiger partial charge in [-0.25, -0.2) is 14.2 Å². The number of esters is 1. The van der Waals surface area contributed by atoms with Crippen molar-refractivity contribution in [1.29, 1.82) is 0 Å². The molecule has 1 aliphatic rings. The molecule has 38 heavy (non-hydrogen) atoms. The lowest BCUT2D eigenvalue weighted by molar-refractivity contribution is -0.113. The molecule has 0 amide bonds. The first-order valence-electron chi connectivity index (χ1n) is 11.9. The van der Waals surface area contributed by atoms with E-state index < -0.39 is 11.8 Å². The molecule has 3 heterocycles. The zero-order chi connectivity index (χ0) is 26.4. The molecule has 0 aliphatic heterocycles. The molecule has 1 aliphatic carbocycles. The van der Waals surface area contributed by atoms with Gasteiger partial charge in [0.05, 0.1) is 46.5 Å². The molecule has 0 saturated heterocycles. The average molecular weight is 534 g/mol. The van der Waals surface area contributed by atoms with Gasteiger partial charge in [0.25, 0.3) is 0 Å². The number of aromatic amines is 1. The number of aromatic nitrogens is 3. The van der Waals surface area contributed by atoms with Crippen molar-refractivity contribution in [2.24, 2.45) is 0 Å². The number of hydrogen-bond donors (Lipinski definition) is 1. The number of imidazole rings is 1. The van der Waals surface area contributed by atoms with E-state index in [1.807, 2.05) is 6.07 Å². The third-order valence-electron chi connectivity index (χ3n) is 6.62. The number of hydrogen-bond acceptors (Lipinski definition) is 6. The van der Waals surface area contributed by atoms with Gasteiger partial charge in [0.2, 0.25) is 0 Å². The minimum atomic E-state index is -0.685. The van der Waals surface area contributed by atoms with Crippen molar-refractivity contribution in [2.75, 3.05) is 20.3 Å². The van der Waals surface area contributed by atoms with Crippen molar-refractivity contribution in [3.05, 3.63) is 82.7 Å². The molecule has 1 N–H and O–H groups in total. The smallest absolute Gasteiger partial charge is 0.355 e. The summed E-state index contributed by atoms with van der Waals surface area (Å²) in [4.78, 5) is 34.1. The van der Waals surface area contributed by atoms with Crippen LogP contribution in [0.4, 0.5) is 4.39 Å². The summed E-state index contributed by atoms with van der Waals surface area (Å²) in [6, 6.07) is 6.40. The summed E-state index contributed by atoms with van der Waals surface area (Å²) in [5.74, 6) is -1.39. The van der Waals surface area contributed by atoms with Gasteiger partial charge in [-0.1, -0.05) is 29.8 Å². The van der Waals surface area contributed by atoms with Crippen molar-refractivity contribution < 1.29 is 27.9 Å². The fraction of sp³-hybridized carbons (Fsp3) is 0.179. The standard InChI is InChI=1S/C28H21ClFN3O5/c1-36-8-9-38-28(35)26-24(17-4-2-3-5-23(17)34)25-22(12-19(30)16-6-7-37-27(16)25)33(26)13-15-10-20-21(11-18(15)29)32-14-31-20/h2-4,6-7,10-12,14H,5,8-9,13H2,1H3,(H,31,32). The quantitative estimate of drug-likeness (QED) is 0.209. The molecule has 0 spiro atoms. The zero-order valence-electron chi connectivity index (χ0n) is 20.2. The monoisotopic (exact) mass is 533 g/mol. The van der Waals surface area contributed by atoms with Gasteiger partial charge in [-0.3, -0.25) is 4.79 Å². The number of nitrogens with one attached hydrogen (secondary N) is 1. The van der Waals surface area contributed by atoms with E-state index in [1.165, 1.54) is 25.5 Å². The highest BCUT2D eigenvalue weighted by molar-refractivity contribution is 6.32. The average Bonchev–Trinajstić information content (AvgIpc) is 3.63. The number of fused-ring (bicyclic) bond motifs is 4. The fourth-order valence-electron chi connectivity index (χ4n) is 4.89. The second kappa shape index (κ2) is 9.59. The van der Waals surface area contributed by atoms with Crippen molar-refractivity contribution in [3.63, 3.8) is 0 Å². The van der Waals surface area contributed by atoms with Crippen molar-refractivity contribution in [2.45, 2.75) is 13.0 Å². The van der Waals surface area contributed by atoms with E-state index in [9.17, 15) is 9.59 Å². The van der Waals surface area contributed by atoms with Gasteiger partial charge >= 0.3 is 5.97 Å². The van der Waals surface area contributed by atoms with Crippen LogP contribution in [-0.2, 0) is 20.8 Å². The van der Waals surface area contributed by atoms with Crippen LogP contribution in [0.25, 0.3) is 38.5 Å². The number of benzene rings is 2. The Labute approximate surface area is 220 Å². The van der Waals surface area contributed by atoms with Gasteiger partial charge in [-0.15, -0.1) is 0 Å². The number of nitrogens with zero attached hydrogens (tertiary/aromatic N) is 2. The van der Waals surface area contributed by atoms with Crippen LogP contribution in [0.15, 0.2) is 59.5 Å². The number of furan rings is 1. The van der Waals surface area contributed by atoms with Gasteiger partial charge in [-0.05, 0) is 29.8 Å². The minimum Gasteiger partial charge on any atom is -0.463 e. The van der Waals surface area contributed by atoms with Gasteiger partial charge in [0.1, 0.15) is 23.7 Å². The molecule has 192 valence electrons. The lowest BCUT2D eigenvalue weighted by Gasteiger charge is -2.14. The molecular formula is C28H21ClFN3O5. The number of halogens is 2. The highest BCUT2D eigenvalue weighted by Crippen LogP contribution is 2.41. The number of Topliss-reactive ketones (excluding diaryl/α,β-unsaturated/α-hetero) is 1. The summed E-state index contributed by atoms with van der Waals surface area (Å²) in [6.07, 6.45) is 8.25. The van der Waals surface area contributed by atoms with Crippen LogP contribution in [0.1, 0.15) is 28.0 Å². The summed E-state index contributed by atoms with van der Waals surface area (Å²) in [6.45, 7) is 0.265. The molecule has 10 heteroatoms. The number of H-pyrrole nitrogens is 1. The first-order chi connectivity index (χ1) is 18.5. The summed E-state index contributed by atoms with van der Waals surface area (Å²) in [5.41, 5.74) is 3.42. The Hall–Kier alpha value is -4.21. The number of allylic oxidation sites excluding steroid dienone is 4. The second-order valence-electron chi connectivity index (χ2n) is 8.85. The molecular weight excluding hydrogens is 513 g/mol. The van der Waals surface area contributed by atoms with Crippen molar-refractivity contribution in [1.82, 2.24) is 14.5 Å². The molecule has 0 unspecified atom stereocenters. The summed E-state index contributed by atoms with van der Waals surface area (Å²) in [7, 11) is 1.50. The van der Waals surface area contributed by atoms with E-state index in [4.69, 9.17) is 25.5 Å². The Morgan fingerprint density at radius 3 is 2.97 bits per heavy atom. The molecule has 5 aromatic rings. The molecule has 6 rings (SSSR count). The Balaban J connectivity index is 1.67. The SMILES string of the molecule is COCCOC(=O)c1c(C2=CC=CCC2=O)c2c3occc3c(F)cc2n1Cc1cc2[nH]cnc2cc1Cl. The topological polar surface area (TPSA) is 99.4 Å². The predicted octanol–water partition coefficient (Wildman–Crippen LogP) is 5.82. The van der Waals surface area contributed by atoms with E-state index in [2.05, 4.69) is 9.97 Å². The van der Waals surface area contributed by atoms with Crippen LogP contribution in [0.2, 0.25) is 5.02 Å². The van der Waals surface area contributed by atoms with Crippen LogP contribution >= 0.6 is 11.6 Å². The van der Waals surface area contributed by atoms with E-state index >= 15 is 4.39 Å². The van der Waals surface area contributed by atoms with E-state index in [1.54, 1.807) is 35.2 Å². The zero-order valence-corrected chi connectivity index (χ0v) is 21.0. The summed E-state index contributed by atoms with van der Waals surface area (Å²) >= 11 is 6.62. The number of ether oxygens (including phenoxy) is 2. The Morgan fingerprint density at radius 2 is 2.16 bits per heavy atom. The third-order valence-corrected chi connectivity index (χ3v) is 6.97. The minimum absolute atomic E-state index is 0.00538. The highest BCUT2D eigenvalue weighted by Gasteiger charge is 2.32. The lowest BCUT2D eigenvalue weighted by atomic mass is 9.93. The van der Waals surface area contributed by atoms with Crippen LogP contribution in [0.5, 0.6) is 0 Å². The van der Waals surface area contributed by atoms with Crippen LogP contribution in [0.3, 0.4) is 0 Å². The first-order valence-corrected chi connectivity index (χ1v) is 12.3. The summed E-state index contributed by atoms with van der Waals surface area (Å²) < 4.78 is 33.2. The van der Waals surface area contributed by atoms with E-state index in [0.717, 1.165) is 5.52 Å². The molecule has 2 aromatic carbocycles. The molecule has 8 nitrogen and oxygen atoms in total. The number of ketones is 1. The van der Waals surface area contributed by atoms with Gasteiger partial charge < -0.3 is 23.4 Å². The van der Waals surface area contributed by atoms with Crippen LogP contribution in [0, 0.1) is 5.82 Å². The normalized spacial score (nSPS) is 13.7. The summed E-state index contributed by atoms with van der Waals surface area (Å²) in [5, 5.41) is 1.10. The fourth-order valence-corrected chi connectivity index (χ4v) is 5.11. The van der Waals surface area contributed by atoms with Crippen molar-refractivity contribution in [3.8, 4) is 0 Å². The molecule has 0 atom stereocenters. The lowest BCUT2D eigenvalue weighted by Crippen LogP contribution is -2.18. The maximum atomic E-state index is 15.3. The van der Waals surface area contributed by atoms with E-state index in [0.29, 0.717) is 38.1 Å².